The number of ether oxygens (including phenoxy) is 2. The monoisotopic (exact) mass is 433 g/mol. The zero-order valence-corrected chi connectivity index (χ0v) is 17.5. The number of urea groups is 1. The Bertz CT molecular complexity index is 876. The highest BCUT2D eigenvalue weighted by Gasteiger charge is 2.22. The van der Waals surface area contributed by atoms with E-state index in [1.54, 1.807) is 32.0 Å². The summed E-state index contributed by atoms with van der Waals surface area (Å²) in [4.78, 5) is 36.2. The summed E-state index contributed by atoms with van der Waals surface area (Å²) in [7, 11) is 0. The lowest BCUT2D eigenvalue weighted by molar-refractivity contribution is -0.145. The first-order valence-corrected chi connectivity index (χ1v) is 9.71. The highest BCUT2D eigenvalue weighted by atomic mass is 35.5. The number of aryl methyl sites for hydroxylation is 1. The molecule has 0 aliphatic rings. The molecule has 2 rings (SSSR count). The molecule has 1 atom stereocenters. The van der Waals surface area contributed by atoms with Gasteiger partial charge >= 0.3 is 12.0 Å². The summed E-state index contributed by atoms with van der Waals surface area (Å²) in [6.07, 6.45) is 0.250. The number of benzene rings is 2. The van der Waals surface area contributed by atoms with Crippen LogP contribution in [0.4, 0.5) is 4.79 Å². The van der Waals surface area contributed by atoms with E-state index in [1.807, 2.05) is 30.3 Å². The van der Waals surface area contributed by atoms with Crippen LogP contribution < -0.4 is 20.9 Å². The average molecular weight is 434 g/mol. The standard InChI is InChI=1S/C21H24ClN3O5/c1-3-29-20(27)17(12-15-7-5-4-6-8-15)23-21(28)25-24-19(26)13-30-18-10-9-16(22)11-14(18)2/h4-11,17H,3,12-13H2,1-2H3,(H,24,26)(H2,23,25,28)/t17-/m0/s1. The lowest BCUT2D eigenvalue weighted by atomic mass is 10.1. The SMILES string of the molecule is CCOC(=O)[C@H](Cc1ccccc1)NC(=O)NNC(=O)COc1ccc(Cl)cc1C. The van der Waals surface area contributed by atoms with Crippen LogP contribution >= 0.6 is 11.6 Å². The quantitative estimate of drug-likeness (QED) is 0.438. The predicted molar refractivity (Wildman–Crippen MR) is 112 cm³/mol. The van der Waals surface area contributed by atoms with Gasteiger partial charge in [0.2, 0.25) is 0 Å². The third kappa shape index (κ3) is 7.63. The van der Waals surface area contributed by atoms with E-state index in [-0.39, 0.29) is 19.6 Å². The second-order valence-corrected chi connectivity index (χ2v) is 6.78. The Morgan fingerprint density at radius 3 is 2.47 bits per heavy atom. The number of carbonyl (C=O) groups is 3. The molecule has 0 fully saturated rings. The molecule has 8 nitrogen and oxygen atoms in total. The number of nitrogens with one attached hydrogen (secondary N) is 3. The van der Waals surface area contributed by atoms with Gasteiger partial charge in [0.15, 0.2) is 6.61 Å². The molecule has 0 aliphatic heterocycles. The Labute approximate surface area is 179 Å². The van der Waals surface area contributed by atoms with Crippen LogP contribution in [-0.4, -0.2) is 37.2 Å². The molecule has 0 spiro atoms. The fraction of sp³-hybridized carbons (Fsp3) is 0.286. The molecule has 3 N–H and O–H groups in total. The molecule has 0 aliphatic carbocycles. The number of rotatable bonds is 8. The molecule has 0 bridgehead atoms. The van der Waals surface area contributed by atoms with Crippen LogP contribution in [0.2, 0.25) is 5.02 Å². The Morgan fingerprint density at radius 2 is 1.80 bits per heavy atom. The molecule has 2 aromatic carbocycles. The fourth-order valence-corrected chi connectivity index (χ4v) is 2.79. The molecule has 160 valence electrons. The molecule has 0 saturated heterocycles. The first-order chi connectivity index (χ1) is 14.4. The maximum atomic E-state index is 12.2. The third-order valence-corrected chi connectivity index (χ3v) is 4.21. The molecule has 0 radical (unpaired) electrons. The maximum Gasteiger partial charge on any atom is 0.334 e. The number of esters is 1. The predicted octanol–water partition coefficient (Wildman–Crippen LogP) is 2.53. The Kier molecular flexibility index (Phi) is 8.96. The maximum absolute atomic E-state index is 12.2. The van der Waals surface area contributed by atoms with Crippen molar-refractivity contribution >= 4 is 29.5 Å². The number of hydrogen-bond donors (Lipinski definition) is 3. The van der Waals surface area contributed by atoms with Gasteiger partial charge in [0.1, 0.15) is 11.8 Å². The van der Waals surface area contributed by atoms with Crippen LogP contribution in [0.3, 0.4) is 0 Å². The highest BCUT2D eigenvalue weighted by Crippen LogP contribution is 2.21. The summed E-state index contributed by atoms with van der Waals surface area (Å²) in [6, 6.07) is 12.6. The Hall–Kier alpha value is -3.26. The number of amides is 3. The van der Waals surface area contributed by atoms with Crippen molar-refractivity contribution in [2.24, 2.45) is 0 Å². The number of halogens is 1. The van der Waals surface area contributed by atoms with Gasteiger partial charge in [0.05, 0.1) is 6.61 Å². The van der Waals surface area contributed by atoms with Gasteiger partial charge in [-0.1, -0.05) is 41.9 Å². The summed E-state index contributed by atoms with van der Waals surface area (Å²) >= 11 is 5.88. The molecule has 0 saturated carbocycles. The topological polar surface area (TPSA) is 106 Å². The van der Waals surface area contributed by atoms with Crippen LogP contribution in [0, 0.1) is 6.92 Å². The van der Waals surface area contributed by atoms with E-state index in [4.69, 9.17) is 21.1 Å². The van der Waals surface area contributed by atoms with Crippen molar-refractivity contribution in [1.29, 1.82) is 0 Å². The molecule has 2 aromatic rings. The molecular weight excluding hydrogens is 410 g/mol. The zero-order chi connectivity index (χ0) is 21.9. The van der Waals surface area contributed by atoms with E-state index in [1.165, 1.54) is 0 Å². The van der Waals surface area contributed by atoms with Crippen molar-refractivity contribution < 1.29 is 23.9 Å². The second-order valence-electron chi connectivity index (χ2n) is 6.34. The molecule has 0 unspecified atom stereocenters. The van der Waals surface area contributed by atoms with Gasteiger partial charge in [-0.15, -0.1) is 0 Å². The molecule has 0 aromatic heterocycles. The van der Waals surface area contributed by atoms with Crippen LogP contribution in [-0.2, 0) is 20.7 Å². The minimum atomic E-state index is -0.905. The molecular formula is C21H24ClN3O5. The van der Waals surface area contributed by atoms with Gasteiger partial charge in [-0.3, -0.25) is 10.2 Å². The van der Waals surface area contributed by atoms with E-state index < -0.39 is 23.9 Å². The first-order valence-electron chi connectivity index (χ1n) is 9.34. The molecule has 0 heterocycles. The van der Waals surface area contributed by atoms with Gasteiger partial charge in [-0.05, 0) is 43.2 Å². The number of carbonyl (C=O) groups excluding carboxylic acids is 3. The minimum absolute atomic E-state index is 0.186. The van der Waals surface area contributed by atoms with Gasteiger partial charge < -0.3 is 14.8 Å². The third-order valence-electron chi connectivity index (χ3n) is 3.97. The lowest BCUT2D eigenvalue weighted by Gasteiger charge is -2.18. The van der Waals surface area contributed by atoms with Crippen molar-refractivity contribution in [3.63, 3.8) is 0 Å². The van der Waals surface area contributed by atoms with Crippen LogP contribution in [0.5, 0.6) is 5.75 Å². The van der Waals surface area contributed by atoms with Gasteiger partial charge in [0.25, 0.3) is 5.91 Å². The zero-order valence-electron chi connectivity index (χ0n) is 16.7. The van der Waals surface area contributed by atoms with E-state index >= 15 is 0 Å². The summed E-state index contributed by atoms with van der Waals surface area (Å²) < 4.78 is 10.4. The first kappa shape index (κ1) is 23.0. The normalized spacial score (nSPS) is 11.2. The van der Waals surface area contributed by atoms with E-state index in [2.05, 4.69) is 16.2 Å². The number of hydrogen-bond acceptors (Lipinski definition) is 5. The molecule has 30 heavy (non-hydrogen) atoms. The van der Waals surface area contributed by atoms with E-state index in [0.717, 1.165) is 11.1 Å². The van der Waals surface area contributed by atoms with Crippen molar-refractivity contribution in [2.75, 3.05) is 13.2 Å². The van der Waals surface area contributed by atoms with Crippen LogP contribution in [0.15, 0.2) is 48.5 Å². The smallest absolute Gasteiger partial charge is 0.334 e. The van der Waals surface area contributed by atoms with E-state index in [0.29, 0.717) is 10.8 Å². The Balaban J connectivity index is 1.83. The van der Waals surface area contributed by atoms with Crippen molar-refractivity contribution in [2.45, 2.75) is 26.3 Å². The van der Waals surface area contributed by atoms with Crippen molar-refractivity contribution in [1.82, 2.24) is 16.2 Å². The summed E-state index contributed by atoms with van der Waals surface area (Å²) in [5, 5.41) is 3.06. The summed E-state index contributed by atoms with van der Waals surface area (Å²) in [5.74, 6) is -0.635. The second kappa shape index (κ2) is 11.7. The van der Waals surface area contributed by atoms with Crippen molar-refractivity contribution in [3.05, 3.63) is 64.7 Å². The lowest BCUT2D eigenvalue weighted by Crippen LogP contribution is -2.53. The van der Waals surface area contributed by atoms with E-state index in [9.17, 15) is 14.4 Å². The van der Waals surface area contributed by atoms with Gasteiger partial charge in [-0.2, -0.15) is 0 Å². The Morgan fingerprint density at radius 1 is 1.07 bits per heavy atom. The fourth-order valence-electron chi connectivity index (χ4n) is 2.56. The van der Waals surface area contributed by atoms with Crippen LogP contribution in [0.1, 0.15) is 18.1 Å². The summed E-state index contributed by atoms with van der Waals surface area (Å²) in [5.41, 5.74) is 6.05. The minimum Gasteiger partial charge on any atom is -0.483 e. The highest BCUT2D eigenvalue weighted by molar-refractivity contribution is 6.30. The van der Waals surface area contributed by atoms with Gasteiger partial charge in [0, 0.05) is 11.4 Å². The summed E-state index contributed by atoms with van der Waals surface area (Å²) in [6.45, 7) is 3.35. The largest absolute Gasteiger partial charge is 0.483 e. The van der Waals surface area contributed by atoms with Gasteiger partial charge in [-0.25, -0.2) is 15.0 Å². The number of hydrazine groups is 1. The molecule has 3 amide bonds. The molecule has 9 heteroatoms. The van der Waals surface area contributed by atoms with Crippen LogP contribution in [0.25, 0.3) is 0 Å². The average Bonchev–Trinajstić information content (AvgIpc) is 2.72. The van der Waals surface area contributed by atoms with Crippen molar-refractivity contribution in [3.8, 4) is 5.75 Å².